The van der Waals surface area contributed by atoms with Crippen LogP contribution in [0.25, 0.3) is 0 Å². The molecule has 2 rings (SSSR count). The van der Waals surface area contributed by atoms with Crippen molar-refractivity contribution in [3.05, 3.63) is 50.8 Å². The van der Waals surface area contributed by atoms with Gasteiger partial charge >= 0.3 is 0 Å². The van der Waals surface area contributed by atoms with Crippen LogP contribution in [0.4, 0.5) is 4.39 Å². The van der Waals surface area contributed by atoms with Crippen molar-refractivity contribution in [3.63, 3.8) is 0 Å². The Balaban J connectivity index is 2.28. The highest BCUT2D eigenvalue weighted by atomic mass is 79.9. The van der Waals surface area contributed by atoms with Crippen molar-refractivity contribution >= 4 is 31.9 Å². The highest BCUT2D eigenvalue weighted by Gasteiger charge is 2.06. The van der Waals surface area contributed by atoms with Crippen LogP contribution in [0.5, 0.6) is 11.6 Å². The standard InChI is InChI=1S/C12H8Br2FNO/c1-7-4-12(16-6-10(7)14)17-11-3-2-8(15)5-9(11)13/h2-6H,1H3. The molecule has 0 saturated carbocycles. The second-order valence-electron chi connectivity index (χ2n) is 3.45. The van der Waals surface area contributed by atoms with Gasteiger partial charge in [-0.3, -0.25) is 0 Å². The van der Waals surface area contributed by atoms with Crippen molar-refractivity contribution in [2.24, 2.45) is 0 Å². The number of halogens is 3. The van der Waals surface area contributed by atoms with Crippen molar-refractivity contribution in [2.45, 2.75) is 6.92 Å². The summed E-state index contributed by atoms with van der Waals surface area (Å²) in [5.41, 5.74) is 1.02. The Hall–Kier alpha value is -0.940. The van der Waals surface area contributed by atoms with E-state index < -0.39 is 0 Å². The number of aromatic nitrogens is 1. The van der Waals surface area contributed by atoms with Gasteiger partial charge in [-0.15, -0.1) is 0 Å². The van der Waals surface area contributed by atoms with Gasteiger partial charge in [-0.2, -0.15) is 0 Å². The summed E-state index contributed by atoms with van der Waals surface area (Å²) in [4.78, 5) is 4.11. The monoisotopic (exact) mass is 359 g/mol. The quantitative estimate of drug-likeness (QED) is 0.763. The summed E-state index contributed by atoms with van der Waals surface area (Å²) < 4.78 is 19.9. The van der Waals surface area contributed by atoms with E-state index in [1.807, 2.05) is 6.92 Å². The highest BCUT2D eigenvalue weighted by Crippen LogP contribution is 2.30. The number of ether oxygens (including phenoxy) is 1. The predicted molar refractivity (Wildman–Crippen MR) is 70.8 cm³/mol. The SMILES string of the molecule is Cc1cc(Oc2ccc(F)cc2Br)ncc1Br. The predicted octanol–water partition coefficient (Wildman–Crippen LogP) is 4.85. The topological polar surface area (TPSA) is 22.1 Å². The first-order valence-corrected chi connectivity index (χ1v) is 6.40. The van der Waals surface area contributed by atoms with Gasteiger partial charge < -0.3 is 4.74 Å². The van der Waals surface area contributed by atoms with E-state index in [1.54, 1.807) is 18.3 Å². The molecule has 0 aliphatic carbocycles. The minimum Gasteiger partial charge on any atom is -0.438 e. The van der Waals surface area contributed by atoms with Crippen LogP contribution < -0.4 is 4.74 Å². The lowest BCUT2D eigenvalue weighted by Gasteiger charge is -2.07. The van der Waals surface area contributed by atoms with Gasteiger partial charge in [-0.25, -0.2) is 9.37 Å². The largest absolute Gasteiger partial charge is 0.438 e. The average Bonchev–Trinajstić information content (AvgIpc) is 2.27. The Morgan fingerprint density at radius 3 is 2.59 bits per heavy atom. The van der Waals surface area contributed by atoms with Crippen molar-refractivity contribution in [1.29, 1.82) is 0 Å². The highest BCUT2D eigenvalue weighted by molar-refractivity contribution is 9.10. The van der Waals surface area contributed by atoms with Crippen LogP contribution >= 0.6 is 31.9 Å². The molecule has 0 aliphatic heterocycles. The summed E-state index contributed by atoms with van der Waals surface area (Å²) in [6.07, 6.45) is 1.67. The van der Waals surface area contributed by atoms with Gasteiger partial charge in [0.15, 0.2) is 0 Å². The third-order valence-electron chi connectivity index (χ3n) is 2.13. The van der Waals surface area contributed by atoms with Crippen LogP contribution in [-0.2, 0) is 0 Å². The Morgan fingerprint density at radius 1 is 1.18 bits per heavy atom. The third kappa shape index (κ3) is 3.04. The Labute approximate surface area is 115 Å². The van der Waals surface area contributed by atoms with Crippen LogP contribution in [0.2, 0.25) is 0 Å². The van der Waals surface area contributed by atoms with Crippen LogP contribution in [0.15, 0.2) is 39.4 Å². The lowest BCUT2D eigenvalue weighted by atomic mass is 10.3. The second-order valence-corrected chi connectivity index (χ2v) is 5.16. The number of nitrogens with zero attached hydrogens (tertiary/aromatic N) is 1. The van der Waals surface area contributed by atoms with Gasteiger partial charge in [0, 0.05) is 16.7 Å². The molecule has 0 bridgehead atoms. The first kappa shape index (κ1) is 12.5. The molecule has 0 N–H and O–H groups in total. The Morgan fingerprint density at radius 2 is 1.94 bits per heavy atom. The van der Waals surface area contributed by atoms with E-state index in [2.05, 4.69) is 36.8 Å². The molecule has 88 valence electrons. The molecule has 0 atom stereocenters. The summed E-state index contributed by atoms with van der Waals surface area (Å²) >= 11 is 6.60. The van der Waals surface area contributed by atoms with E-state index in [9.17, 15) is 4.39 Å². The minimum atomic E-state index is -0.316. The van der Waals surface area contributed by atoms with Gasteiger partial charge in [0.25, 0.3) is 0 Å². The first-order valence-electron chi connectivity index (χ1n) is 4.81. The number of hydrogen-bond acceptors (Lipinski definition) is 2. The van der Waals surface area contributed by atoms with Crippen molar-refractivity contribution in [3.8, 4) is 11.6 Å². The van der Waals surface area contributed by atoms with Crippen LogP contribution in [0, 0.1) is 12.7 Å². The summed E-state index contributed by atoms with van der Waals surface area (Å²) in [6.45, 7) is 1.94. The van der Waals surface area contributed by atoms with Crippen molar-refractivity contribution in [2.75, 3.05) is 0 Å². The van der Waals surface area contributed by atoms with Crippen LogP contribution in [-0.4, -0.2) is 4.98 Å². The molecule has 17 heavy (non-hydrogen) atoms. The van der Waals surface area contributed by atoms with E-state index in [0.29, 0.717) is 16.1 Å². The zero-order valence-electron chi connectivity index (χ0n) is 8.88. The zero-order valence-corrected chi connectivity index (χ0v) is 12.0. The van der Waals surface area contributed by atoms with Crippen molar-refractivity contribution in [1.82, 2.24) is 4.98 Å². The number of hydrogen-bond donors (Lipinski definition) is 0. The molecular formula is C12H8Br2FNO. The molecule has 1 heterocycles. The number of pyridine rings is 1. The fraction of sp³-hybridized carbons (Fsp3) is 0.0833. The van der Waals surface area contributed by atoms with Gasteiger partial charge in [0.05, 0.1) is 4.47 Å². The molecule has 0 amide bonds. The van der Waals surface area contributed by atoms with Crippen LogP contribution in [0.1, 0.15) is 5.56 Å². The number of benzene rings is 1. The van der Waals surface area contributed by atoms with E-state index in [4.69, 9.17) is 4.74 Å². The summed E-state index contributed by atoms with van der Waals surface area (Å²) in [5, 5.41) is 0. The van der Waals surface area contributed by atoms with Gasteiger partial charge in [0.2, 0.25) is 5.88 Å². The van der Waals surface area contributed by atoms with Crippen molar-refractivity contribution < 1.29 is 9.13 Å². The zero-order chi connectivity index (χ0) is 12.4. The molecular weight excluding hydrogens is 353 g/mol. The number of rotatable bonds is 2. The third-order valence-corrected chi connectivity index (χ3v) is 3.58. The average molecular weight is 361 g/mol. The Bertz CT molecular complexity index is 560. The van der Waals surface area contributed by atoms with E-state index in [1.165, 1.54) is 12.1 Å². The smallest absolute Gasteiger partial charge is 0.219 e. The maximum absolute atomic E-state index is 12.9. The van der Waals surface area contributed by atoms with E-state index >= 15 is 0 Å². The maximum Gasteiger partial charge on any atom is 0.219 e. The van der Waals surface area contributed by atoms with E-state index in [-0.39, 0.29) is 5.82 Å². The first-order chi connectivity index (χ1) is 8.06. The molecule has 1 aromatic heterocycles. The fourth-order valence-corrected chi connectivity index (χ4v) is 1.89. The molecule has 0 saturated heterocycles. The molecule has 2 nitrogen and oxygen atoms in total. The normalized spacial score (nSPS) is 10.4. The maximum atomic E-state index is 12.9. The summed E-state index contributed by atoms with van der Waals surface area (Å²) in [7, 11) is 0. The molecule has 2 aromatic rings. The lowest BCUT2D eigenvalue weighted by Crippen LogP contribution is -1.90. The minimum absolute atomic E-state index is 0.316. The second kappa shape index (κ2) is 5.14. The molecule has 0 unspecified atom stereocenters. The Kier molecular flexibility index (Phi) is 3.79. The van der Waals surface area contributed by atoms with Gasteiger partial charge in [-0.05, 0) is 62.5 Å². The molecule has 0 radical (unpaired) electrons. The number of aryl methyl sites for hydroxylation is 1. The molecule has 0 spiro atoms. The van der Waals surface area contributed by atoms with E-state index in [0.717, 1.165) is 10.0 Å². The molecule has 0 fully saturated rings. The summed E-state index contributed by atoms with van der Waals surface area (Å²) in [5.74, 6) is 0.683. The lowest BCUT2D eigenvalue weighted by molar-refractivity contribution is 0.457. The fourth-order valence-electron chi connectivity index (χ4n) is 1.24. The molecule has 5 heteroatoms. The molecule has 0 aliphatic rings. The molecule has 1 aromatic carbocycles. The summed E-state index contributed by atoms with van der Waals surface area (Å²) in [6, 6.07) is 6.05. The van der Waals surface area contributed by atoms with Gasteiger partial charge in [-0.1, -0.05) is 0 Å². The van der Waals surface area contributed by atoms with Crippen LogP contribution in [0.3, 0.4) is 0 Å². The van der Waals surface area contributed by atoms with Gasteiger partial charge in [0.1, 0.15) is 11.6 Å².